The lowest BCUT2D eigenvalue weighted by Crippen LogP contribution is -1.84. The van der Waals surface area contributed by atoms with E-state index in [1.165, 1.54) is 0 Å². The van der Waals surface area contributed by atoms with Crippen molar-refractivity contribution in [2.24, 2.45) is 0 Å². The monoisotopic (exact) mass is 239 g/mol. The van der Waals surface area contributed by atoms with Gasteiger partial charge in [0.1, 0.15) is 11.6 Å². The molecule has 0 aliphatic carbocycles. The Kier molecular flexibility index (Phi) is 2.48. The van der Waals surface area contributed by atoms with Gasteiger partial charge < -0.3 is 9.72 Å². The van der Waals surface area contributed by atoms with Crippen molar-refractivity contribution in [3.63, 3.8) is 0 Å². The quantitative estimate of drug-likeness (QED) is 0.748. The highest BCUT2D eigenvalue weighted by Gasteiger charge is 2.06. The van der Waals surface area contributed by atoms with Gasteiger partial charge in [-0.2, -0.15) is 0 Å². The predicted molar refractivity (Wildman–Crippen MR) is 70.6 cm³/mol. The van der Waals surface area contributed by atoms with Crippen LogP contribution in [0.25, 0.3) is 22.6 Å². The van der Waals surface area contributed by atoms with Gasteiger partial charge in [0, 0.05) is 11.8 Å². The Labute approximate surface area is 105 Å². The zero-order valence-corrected chi connectivity index (χ0v) is 10.3. The third-order valence-electron chi connectivity index (χ3n) is 2.82. The molecule has 0 radical (unpaired) electrons. The largest absolute Gasteiger partial charge is 0.497 e. The molecule has 0 fully saturated rings. The first kappa shape index (κ1) is 10.8. The summed E-state index contributed by atoms with van der Waals surface area (Å²) in [5.41, 5.74) is 3.79. The molecule has 1 aromatic carbocycles. The summed E-state index contributed by atoms with van der Waals surface area (Å²) < 4.78 is 5.21. The van der Waals surface area contributed by atoms with E-state index in [-0.39, 0.29) is 0 Å². The third-order valence-corrected chi connectivity index (χ3v) is 2.82. The molecule has 4 nitrogen and oxygen atoms in total. The number of aromatic amines is 1. The topological polar surface area (TPSA) is 50.8 Å². The molecule has 1 N–H and O–H groups in total. The van der Waals surface area contributed by atoms with Gasteiger partial charge in [0.15, 0.2) is 5.65 Å². The van der Waals surface area contributed by atoms with Gasteiger partial charge in [0.2, 0.25) is 0 Å². The molecular formula is C14H13N3O. The number of rotatable bonds is 2. The molecule has 0 aliphatic rings. The molecule has 0 spiro atoms. The Morgan fingerprint density at radius 1 is 1.22 bits per heavy atom. The van der Waals surface area contributed by atoms with E-state index in [0.29, 0.717) is 0 Å². The number of fused-ring (bicyclic) bond motifs is 1. The zero-order valence-electron chi connectivity index (χ0n) is 10.3. The van der Waals surface area contributed by atoms with Gasteiger partial charge in [0.05, 0.1) is 12.6 Å². The number of aromatic nitrogens is 3. The summed E-state index contributed by atoms with van der Waals surface area (Å²) in [6, 6.07) is 9.84. The second kappa shape index (κ2) is 4.14. The fourth-order valence-electron chi connectivity index (χ4n) is 1.91. The molecule has 2 heterocycles. The van der Waals surface area contributed by atoms with Gasteiger partial charge in [-0.25, -0.2) is 9.97 Å². The minimum absolute atomic E-state index is 0.735. The maximum Gasteiger partial charge on any atom is 0.178 e. The summed E-state index contributed by atoms with van der Waals surface area (Å²) in [6.45, 7) is 2.01. The second-order valence-electron chi connectivity index (χ2n) is 4.20. The van der Waals surface area contributed by atoms with Crippen LogP contribution in [-0.4, -0.2) is 22.1 Å². The van der Waals surface area contributed by atoms with Crippen LogP contribution in [0.5, 0.6) is 5.75 Å². The van der Waals surface area contributed by atoms with Crippen LogP contribution in [0.2, 0.25) is 0 Å². The molecule has 3 rings (SSSR count). The number of H-pyrrole nitrogens is 1. The van der Waals surface area contributed by atoms with Gasteiger partial charge >= 0.3 is 0 Å². The molecule has 0 bridgehead atoms. The summed E-state index contributed by atoms with van der Waals surface area (Å²) >= 11 is 0. The Bertz CT molecular complexity index is 703. The maximum atomic E-state index is 5.21. The Morgan fingerprint density at radius 3 is 2.94 bits per heavy atom. The normalized spacial score (nSPS) is 10.8. The van der Waals surface area contributed by atoms with Gasteiger partial charge in [-0.15, -0.1) is 0 Å². The summed E-state index contributed by atoms with van der Waals surface area (Å²) in [5, 5.41) is 0. The van der Waals surface area contributed by atoms with E-state index < -0.39 is 0 Å². The van der Waals surface area contributed by atoms with E-state index in [9.17, 15) is 0 Å². The Hall–Kier alpha value is -2.36. The molecule has 0 atom stereocenters. The SMILES string of the molecule is COc1cccc(-c2nc3ncc(C)cc3[nH]2)c1. The minimum Gasteiger partial charge on any atom is -0.497 e. The standard InChI is InChI=1S/C14H13N3O/c1-9-6-12-14(15-8-9)17-13(16-12)10-4-3-5-11(7-10)18-2/h3-8H,1-2H3,(H,15,16,17). The molecule has 2 aromatic heterocycles. The van der Waals surface area contributed by atoms with E-state index >= 15 is 0 Å². The lowest BCUT2D eigenvalue weighted by molar-refractivity contribution is 0.415. The Morgan fingerprint density at radius 2 is 2.11 bits per heavy atom. The highest BCUT2D eigenvalue weighted by Crippen LogP contribution is 2.23. The lowest BCUT2D eigenvalue weighted by Gasteiger charge is -2.01. The number of aryl methyl sites for hydroxylation is 1. The number of pyridine rings is 1. The summed E-state index contributed by atoms with van der Waals surface area (Å²) in [5.74, 6) is 1.62. The van der Waals surface area contributed by atoms with Crippen LogP contribution in [0.4, 0.5) is 0 Å². The molecule has 0 saturated carbocycles. The van der Waals surface area contributed by atoms with Crippen LogP contribution in [0.1, 0.15) is 5.56 Å². The number of ether oxygens (including phenoxy) is 1. The van der Waals surface area contributed by atoms with Crippen LogP contribution in [-0.2, 0) is 0 Å². The average Bonchev–Trinajstić information content (AvgIpc) is 2.81. The summed E-state index contributed by atoms with van der Waals surface area (Å²) in [4.78, 5) is 12.0. The first-order valence-corrected chi connectivity index (χ1v) is 5.73. The summed E-state index contributed by atoms with van der Waals surface area (Å²) in [7, 11) is 1.66. The van der Waals surface area contributed by atoms with E-state index in [4.69, 9.17) is 4.74 Å². The van der Waals surface area contributed by atoms with E-state index in [1.807, 2.05) is 43.5 Å². The molecule has 4 heteroatoms. The number of hydrogen-bond donors (Lipinski definition) is 1. The second-order valence-corrected chi connectivity index (χ2v) is 4.20. The fourth-order valence-corrected chi connectivity index (χ4v) is 1.91. The Balaban J connectivity index is 2.13. The molecular weight excluding hydrogens is 226 g/mol. The van der Waals surface area contributed by atoms with E-state index in [0.717, 1.165) is 33.9 Å². The molecule has 3 aromatic rings. The first-order chi connectivity index (χ1) is 8.76. The van der Waals surface area contributed by atoms with Gasteiger partial charge in [-0.3, -0.25) is 0 Å². The number of nitrogens with one attached hydrogen (secondary N) is 1. The molecule has 0 unspecified atom stereocenters. The van der Waals surface area contributed by atoms with Crippen molar-refractivity contribution in [2.45, 2.75) is 6.92 Å². The lowest BCUT2D eigenvalue weighted by atomic mass is 10.2. The smallest absolute Gasteiger partial charge is 0.178 e. The predicted octanol–water partition coefficient (Wildman–Crippen LogP) is 2.94. The van der Waals surface area contributed by atoms with Crippen molar-refractivity contribution in [2.75, 3.05) is 7.11 Å². The molecule has 0 amide bonds. The van der Waals surface area contributed by atoms with Crippen molar-refractivity contribution in [3.05, 3.63) is 42.1 Å². The van der Waals surface area contributed by atoms with Crippen molar-refractivity contribution in [1.82, 2.24) is 15.0 Å². The minimum atomic E-state index is 0.735. The van der Waals surface area contributed by atoms with Crippen molar-refractivity contribution in [3.8, 4) is 17.1 Å². The maximum absolute atomic E-state index is 5.21. The van der Waals surface area contributed by atoms with Crippen molar-refractivity contribution < 1.29 is 4.74 Å². The number of methoxy groups -OCH3 is 1. The van der Waals surface area contributed by atoms with Crippen LogP contribution in [0.15, 0.2) is 36.5 Å². The number of benzene rings is 1. The average molecular weight is 239 g/mol. The van der Waals surface area contributed by atoms with Crippen LogP contribution in [0, 0.1) is 6.92 Å². The van der Waals surface area contributed by atoms with Gasteiger partial charge in [-0.1, -0.05) is 12.1 Å². The van der Waals surface area contributed by atoms with Gasteiger partial charge in [-0.05, 0) is 30.7 Å². The molecule has 90 valence electrons. The molecule has 18 heavy (non-hydrogen) atoms. The fraction of sp³-hybridized carbons (Fsp3) is 0.143. The molecule has 0 aliphatic heterocycles. The highest BCUT2D eigenvalue weighted by atomic mass is 16.5. The van der Waals surface area contributed by atoms with Crippen molar-refractivity contribution >= 4 is 11.2 Å². The first-order valence-electron chi connectivity index (χ1n) is 5.73. The van der Waals surface area contributed by atoms with Crippen LogP contribution >= 0.6 is 0 Å². The third kappa shape index (κ3) is 1.82. The van der Waals surface area contributed by atoms with Crippen LogP contribution < -0.4 is 4.74 Å². The number of imidazole rings is 1. The molecule has 0 saturated heterocycles. The van der Waals surface area contributed by atoms with Crippen LogP contribution in [0.3, 0.4) is 0 Å². The van der Waals surface area contributed by atoms with E-state index in [2.05, 4.69) is 15.0 Å². The van der Waals surface area contributed by atoms with Crippen molar-refractivity contribution in [1.29, 1.82) is 0 Å². The van der Waals surface area contributed by atoms with E-state index in [1.54, 1.807) is 7.11 Å². The number of nitrogens with zero attached hydrogens (tertiary/aromatic N) is 2. The highest BCUT2D eigenvalue weighted by molar-refractivity contribution is 5.76. The van der Waals surface area contributed by atoms with Gasteiger partial charge in [0.25, 0.3) is 0 Å². The number of hydrogen-bond acceptors (Lipinski definition) is 3. The zero-order chi connectivity index (χ0) is 12.5. The summed E-state index contributed by atoms with van der Waals surface area (Å²) in [6.07, 6.45) is 1.82.